The van der Waals surface area contributed by atoms with E-state index in [9.17, 15) is 4.79 Å². The molecule has 0 saturated carbocycles. The lowest BCUT2D eigenvalue weighted by Gasteiger charge is -2.36. The molecule has 0 spiro atoms. The molecule has 2 unspecified atom stereocenters. The number of hydrogen-bond donors (Lipinski definition) is 0. The highest BCUT2D eigenvalue weighted by Gasteiger charge is 2.35. The van der Waals surface area contributed by atoms with Crippen molar-refractivity contribution in [1.82, 2.24) is 0 Å². The van der Waals surface area contributed by atoms with E-state index in [4.69, 9.17) is 4.74 Å². The second-order valence-electron chi connectivity index (χ2n) is 8.55. The first-order valence-electron chi connectivity index (χ1n) is 10.4. The topological polar surface area (TPSA) is 26.3 Å². The molecule has 2 atom stereocenters. The molecule has 0 aliphatic heterocycles. The van der Waals surface area contributed by atoms with E-state index in [2.05, 4.69) is 62.4 Å². The zero-order valence-corrected chi connectivity index (χ0v) is 18.5. The highest BCUT2D eigenvalue weighted by atomic mass is 32.2. The lowest BCUT2D eigenvalue weighted by molar-refractivity contribution is -0.0249. The van der Waals surface area contributed by atoms with Crippen LogP contribution in [-0.4, -0.2) is 11.6 Å². The predicted octanol–water partition coefficient (Wildman–Crippen LogP) is 7.57. The van der Waals surface area contributed by atoms with Gasteiger partial charge in [-0.15, -0.1) is 0 Å². The van der Waals surface area contributed by atoms with E-state index < -0.39 is 5.60 Å². The molecule has 0 radical (unpaired) electrons. The van der Waals surface area contributed by atoms with Crippen molar-refractivity contribution >= 4 is 26.5 Å². The molecule has 3 heteroatoms. The van der Waals surface area contributed by atoms with Crippen molar-refractivity contribution in [2.75, 3.05) is 0 Å². The molecule has 1 aliphatic rings. The number of rotatable bonds is 4. The summed E-state index contributed by atoms with van der Waals surface area (Å²) in [6.45, 7) is 8.42. The van der Waals surface area contributed by atoms with Crippen LogP contribution in [0.15, 0.2) is 66.2 Å². The van der Waals surface area contributed by atoms with Crippen LogP contribution in [0.5, 0.6) is 0 Å². The minimum atomic E-state index is -0.498. The first-order valence-corrected chi connectivity index (χ1v) is 11.6. The number of thiophene rings is 1. The van der Waals surface area contributed by atoms with Crippen LogP contribution in [-0.2, 0) is 4.74 Å². The van der Waals surface area contributed by atoms with Gasteiger partial charge < -0.3 is 4.74 Å². The SMILES string of the molecule is CC1=CCCCC1C(C)(C)OC(=O)c1ccc(-[s+]2c(C)cc3ccccc32)cc1. The van der Waals surface area contributed by atoms with Gasteiger partial charge in [0, 0.05) is 34.8 Å². The van der Waals surface area contributed by atoms with Crippen molar-refractivity contribution in [3.8, 4) is 4.90 Å². The van der Waals surface area contributed by atoms with E-state index in [0.717, 1.165) is 19.3 Å². The van der Waals surface area contributed by atoms with Crippen LogP contribution in [0.1, 0.15) is 55.3 Å². The number of carbonyl (C=O) groups excluding carboxylic acids is 1. The molecule has 0 N–H and O–H groups in total. The van der Waals surface area contributed by atoms with Crippen LogP contribution in [0.4, 0.5) is 0 Å². The van der Waals surface area contributed by atoms with Gasteiger partial charge in [0.1, 0.15) is 5.60 Å². The molecule has 150 valence electrons. The lowest BCUT2D eigenvalue weighted by atomic mass is 9.78. The number of esters is 1. The second kappa shape index (κ2) is 7.79. The average molecular weight is 406 g/mol. The summed E-state index contributed by atoms with van der Waals surface area (Å²) in [6, 6.07) is 18.8. The van der Waals surface area contributed by atoms with E-state index in [1.54, 1.807) is 0 Å². The summed E-state index contributed by atoms with van der Waals surface area (Å²) >= 11 is 0. The van der Waals surface area contributed by atoms with Crippen molar-refractivity contribution in [3.05, 3.63) is 76.7 Å². The van der Waals surface area contributed by atoms with Gasteiger partial charge in [0.25, 0.3) is 0 Å². The molecule has 0 amide bonds. The first-order chi connectivity index (χ1) is 13.9. The zero-order valence-electron chi connectivity index (χ0n) is 17.7. The Morgan fingerprint density at radius 1 is 1.07 bits per heavy atom. The van der Waals surface area contributed by atoms with E-state index in [0.29, 0.717) is 11.5 Å². The Balaban J connectivity index is 1.56. The van der Waals surface area contributed by atoms with Gasteiger partial charge in [-0.2, -0.15) is 0 Å². The van der Waals surface area contributed by atoms with Gasteiger partial charge in [0.05, 0.1) is 5.56 Å². The van der Waals surface area contributed by atoms with E-state index in [1.807, 2.05) is 26.0 Å². The summed E-state index contributed by atoms with van der Waals surface area (Å²) in [4.78, 5) is 15.5. The van der Waals surface area contributed by atoms with Crippen molar-refractivity contribution < 1.29 is 9.53 Å². The Kier molecular flexibility index (Phi) is 5.35. The molecule has 1 aromatic heterocycles. The summed E-state index contributed by atoms with van der Waals surface area (Å²) in [5, 5.41) is 1.30. The number of aryl methyl sites for hydroxylation is 1. The highest BCUT2D eigenvalue weighted by molar-refractivity contribution is 7.45. The second-order valence-corrected chi connectivity index (χ2v) is 10.7. The van der Waals surface area contributed by atoms with Crippen molar-refractivity contribution in [1.29, 1.82) is 0 Å². The van der Waals surface area contributed by atoms with E-state index >= 15 is 0 Å². The molecular formula is C26H29O2S+. The fraction of sp³-hybridized carbons (Fsp3) is 0.346. The molecular weight excluding hydrogens is 376 g/mol. The summed E-state index contributed by atoms with van der Waals surface area (Å²) in [6.07, 6.45) is 5.66. The monoisotopic (exact) mass is 405 g/mol. The Labute approximate surface area is 176 Å². The van der Waals surface area contributed by atoms with Gasteiger partial charge in [0.2, 0.25) is 0 Å². The zero-order chi connectivity index (χ0) is 20.6. The minimum Gasteiger partial charge on any atom is -0.455 e. The summed E-state index contributed by atoms with van der Waals surface area (Å²) < 4.78 is 7.35. The van der Waals surface area contributed by atoms with Gasteiger partial charge in [-0.1, -0.05) is 23.8 Å². The first kappa shape index (κ1) is 19.9. The van der Waals surface area contributed by atoms with Crippen molar-refractivity contribution in [2.24, 2.45) is 5.92 Å². The van der Waals surface area contributed by atoms with Gasteiger partial charge >= 0.3 is 5.97 Å². The van der Waals surface area contributed by atoms with Crippen LogP contribution < -0.4 is 0 Å². The molecule has 2 aromatic carbocycles. The fourth-order valence-corrected chi connectivity index (χ4v) is 6.77. The molecule has 4 rings (SSSR count). The molecule has 2 nitrogen and oxygen atoms in total. The van der Waals surface area contributed by atoms with E-state index in [1.165, 1.54) is 25.4 Å². The quantitative estimate of drug-likeness (QED) is 0.254. The Morgan fingerprint density at radius 3 is 2.52 bits per heavy atom. The number of allylic oxidation sites excluding steroid dienone is 1. The third-order valence-electron chi connectivity index (χ3n) is 6.05. The summed E-state index contributed by atoms with van der Waals surface area (Å²) in [5.74, 6) is 0.0612. The number of carbonyl (C=O) groups is 1. The standard InChI is InChI=1S/C26H29O2S/c1-18-9-5-7-11-23(18)26(3,4)28-25(27)20-13-15-22(16-14-20)29-19(2)17-21-10-6-8-12-24(21)29/h6,8-10,12-17,23H,5,7,11H2,1-4H3/q+1. The Hall–Kier alpha value is -2.39. The van der Waals surface area contributed by atoms with Crippen LogP contribution in [0.3, 0.4) is 0 Å². The average Bonchev–Trinajstić information content (AvgIpc) is 3.03. The third-order valence-corrected chi connectivity index (χ3v) is 8.37. The smallest absolute Gasteiger partial charge is 0.338 e. The number of ether oxygens (including phenoxy) is 1. The van der Waals surface area contributed by atoms with Crippen LogP contribution in [0, 0.1) is 12.8 Å². The maximum absolute atomic E-state index is 12.9. The van der Waals surface area contributed by atoms with Gasteiger partial charge in [-0.05, 0) is 76.4 Å². The normalized spacial score (nSPS) is 17.9. The largest absolute Gasteiger partial charge is 0.455 e. The van der Waals surface area contributed by atoms with Crippen LogP contribution >= 0.6 is 10.5 Å². The fourth-order valence-electron chi connectivity index (χ4n) is 4.56. The number of fused-ring (bicyclic) bond motifs is 1. The summed E-state index contributed by atoms with van der Waals surface area (Å²) in [5.41, 5.74) is 1.46. The molecule has 1 heterocycles. The molecule has 1 aliphatic carbocycles. The highest BCUT2D eigenvalue weighted by Crippen LogP contribution is 2.43. The molecule has 3 aromatic rings. The van der Waals surface area contributed by atoms with Gasteiger partial charge in [-0.3, -0.25) is 0 Å². The maximum Gasteiger partial charge on any atom is 0.338 e. The van der Waals surface area contributed by atoms with Gasteiger partial charge in [0.15, 0.2) is 14.5 Å². The third kappa shape index (κ3) is 3.89. The maximum atomic E-state index is 12.9. The van der Waals surface area contributed by atoms with Crippen molar-refractivity contribution in [2.45, 2.75) is 52.6 Å². The van der Waals surface area contributed by atoms with Crippen molar-refractivity contribution in [3.63, 3.8) is 0 Å². The molecule has 0 bridgehead atoms. The van der Waals surface area contributed by atoms with E-state index in [-0.39, 0.29) is 16.4 Å². The number of benzene rings is 2. The molecule has 29 heavy (non-hydrogen) atoms. The minimum absolute atomic E-state index is 0.0580. The van der Waals surface area contributed by atoms with Crippen LogP contribution in [0.2, 0.25) is 0 Å². The van der Waals surface area contributed by atoms with Gasteiger partial charge in [-0.25, -0.2) is 4.79 Å². The molecule has 0 fully saturated rings. The Bertz CT molecular complexity index is 1070. The Morgan fingerprint density at radius 2 is 1.79 bits per heavy atom. The summed E-state index contributed by atoms with van der Waals surface area (Å²) in [7, 11) is -0.0580. The predicted molar refractivity (Wildman–Crippen MR) is 123 cm³/mol. The van der Waals surface area contributed by atoms with Crippen LogP contribution in [0.25, 0.3) is 15.0 Å². The number of hydrogen-bond acceptors (Lipinski definition) is 2. The molecule has 0 saturated heterocycles. The lowest BCUT2D eigenvalue weighted by Crippen LogP contribution is -2.38.